The van der Waals surface area contributed by atoms with E-state index in [1.807, 2.05) is 0 Å². The van der Waals surface area contributed by atoms with Gasteiger partial charge in [-0.1, -0.05) is 0 Å². The average molecular weight is 151 g/mol. The molecule has 1 aromatic rings. The summed E-state index contributed by atoms with van der Waals surface area (Å²) in [6, 6.07) is 3.25. The SMILES string of the molecule is O=c1ccc(N2CCC2)n[nH]1. The molecule has 58 valence electrons. The van der Waals surface area contributed by atoms with Gasteiger partial charge in [-0.25, -0.2) is 5.10 Å². The molecule has 0 radical (unpaired) electrons. The van der Waals surface area contributed by atoms with Crippen LogP contribution in [0.4, 0.5) is 5.82 Å². The fourth-order valence-corrected chi connectivity index (χ4v) is 1.06. The molecule has 4 nitrogen and oxygen atoms in total. The lowest BCUT2D eigenvalue weighted by atomic mass is 10.2. The van der Waals surface area contributed by atoms with Gasteiger partial charge in [-0.2, -0.15) is 5.10 Å². The van der Waals surface area contributed by atoms with Crippen molar-refractivity contribution in [1.29, 1.82) is 0 Å². The highest BCUT2D eigenvalue weighted by Crippen LogP contribution is 2.14. The summed E-state index contributed by atoms with van der Waals surface area (Å²) in [4.78, 5) is 12.7. The van der Waals surface area contributed by atoms with E-state index in [9.17, 15) is 4.79 Å². The molecule has 0 aromatic carbocycles. The van der Waals surface area contributed by atoms with Gasteiger partial charge in [-0.3, -0.25) is 4.79 Å². The van der Waals surface area contributed by atoms with E-state index in [0.717, 1.165) is 18.9 Å². The van der Waals surface area contributed by atoms with Gasteiger partial charge in [0.25, 0.3) is 5.56 Å². The topological polar surface area (TPSA) is 49.0 Å². The van der Waals surface area contributed by atoms with Crippen LogP contribution in [0.25, 0.3) is 0 Å². The first-order valence-electron chi connectivity index (χ1n) is 3.67. The molecule has 0 saturated carbocycles. The van der Waals surface area contributed by atoms with Crippen molar-refractivity contribution in [3.63, 3.8) is 0 Å². The third-order valence-corrected chi connectivity index (χ3v) is 1.84. The lowest BCUT2D eigenvalue weighted by Gasteiger charge is -2.31. The van der Waals surface area contributed by atoms with Crippen molar-refractivity contribution in [2.45, 2.75) is 6.42 Å². The third kappa shape index (κ3) is 1.11. The zero-order valence-electron chi connectivity index (χ0n) is 6.08. The lowest BCUT2D eigenvalue weighted by Crippen LogP contribution is -2.38. The summed E-state index contributed by atoms with van der Waals surface area (Å²) < 4.78 is 0. The minimum absolute atomic E-state index is 0.144. The van der Waals surface area contributed by atoms with Crippen molar-refractivity contribution >= 4 is 5.82 Å². The molecular weight excluding hydrogens is 142 g/mol. The molecule has 0 spiro atoms. The summed E-state index contributed by atoms with van der Waals surface area (Å²) in [6.45, 7) is 2.11. The summed E-state index contributed by atoms with van der Waals surface area (Å²) in [5, 5.41) is 6.29. The van der Waals surface area contributed by atoms with Crippen LogP contribution in [0.15, 0.2) is 16.9 Å². The van der Waals surface area contributed by atoms with Crippen LogP contribution in [0.3, 0.4) is 0 Å². The fourth-order valence-electron chi connectivity index (χ4n) is 1.06. The van der Waals surface area contributed by atoms with Crippen LogP contribution >= 0.6 is 0 Å². The third-order valence-electron chi connectivity index (χ3n) is 1.84. The van der Waals surface area contributed by atoms with Gasteiger partial charge in [0.2, 0.25) is 0 Å². The van der Waals surface area contributed by atoms with E-state index < -0.39 is 0 Å². The second kappa shape index (κ2) is 2.38. The van der Waals surface area contributed by atoms with Gasteiger partial charge < -0.3 is 4.90 Å². The molecule has 2 rings (SSSR count). The highest BCUT2D eigenvalue weighted by atomic mass is 16.1. The molecule has 4 heteroatoms. The molecule has 1 saturated heterocycles. The second-order valence-electron chi connectivity index (χ2n) is 2.62. The van der Waals surface area contributed by atoms with Gasteiger partial charge in [0.1, 0.15) is 5.82 Å². The summed E-state index contributed by atoms with van der Waals surface area (Å²) in [5.74, 6) is 0.871. The molecule has 0 aliphatic carbocycles. The Morgan fingerprint density at radius 1 is 1.45 bits per heavy atom. The predicted molar refractivity (Wildman–Crippen MR) is 41.7 cm³/mol. The maximum Gasteiger partial charge on any atom is 0.264 e. The van der Waals surface area contributed by atoms with Crippen LogP contribution in [-0.2, 0) is 0 Å². The van der Waals surface area contributed by atoms with Crippen molar-refractivity contribution in [2.24, 2.45) is 0 Å². The smallest absolute Gasteiger partial charge is 0.264 e. The first-order valence-corrected chi connectivity index (χ1v) is 3.67. The van der Waals surface area contributed by atoms with Gasteiger partial charge in [0.05, 0.1) is 0 Å². The Hall–Kier alpha value is -1.32. The Labute approximate surface area is 63.8 Å². The summed E-state index contributed by atoms with van der Waals surface area (Å²) in [5.41, 5.74) is -0.144. The maximum atomic E-state index is 10.6. The molecule has 1 aliphatic heterocycles. The molecular formula is C7H9N3O. The van der Waals surface area contributed by atoms with E-state index in [-0.39, 0.29) is 5.56 Å². The second-order valence-corrected chi connectivity index (χ2v) is 2.62. The van der Waals surface area contributed by atoms with E-state index in [1.54, 1.807) is 6.07 Å². The lowest BCUT2D eigenvalue weighted by molar-refractivity contribution is 0.604. The van der Waals surface area contributed by atoms with Crippen LogP contribution in [0.5, 0.6) is 0 Å². The Kier molecular flexibility index (Phi) is 1.38. The molecule has 1 N–H and O–H groups in total. The number of nitrogens with one attached hydrogen (secondary N) is 1. The van der Waals surface area contributed by atoms with E-state index in [4.69, 9.17) is 0 Å². The van der Waals surface area contributed by atoms with Crippen LogP contribution < -0.4 is 10.5 Å². The maximum absolute atomic E-state index is 10.6. The van der Waals surface area contributed by atoms with Gasteiger partial charge >= 0.3 is 0 Å². The van der Waals surface area contributed by atoms with Crippen molar-refractivity contribution in [3.05, 3.63) is 22.5 Å². The van der Waals surface area contributed by atoms with Crippen molar-refractivity contribution in [3.8, 4) is 0 Å². The average Bonchev–Trinajstić information content (AvgIpc) is 1.90. The highest BCUT2D eigenvalue weighted by Gasteiger charge is 2.14. The Balaban J connectivity index is 2.25. The minimum Gasteiger partial charge on any atom is -0.355 e. The molecule has 0 unspecified atom stereocenters. The van der Waals surface area contributed by atoms with Crippen LogP contribution in [0.2, 0.25) is 0 Å². The number of aromatic amines is 1. The summed E-state index contributed by atoms with van der Waals surface area (Å²) >= 11 is 0. The monoisotopic (exact) mass is 151 g/mol. The number of aromatic nitrogens is 2. The first kappa shape index (κ1) is 6.39. The molecule has 1 aliphatic rings. The Morgan fingerprint density at radius 2 is 2.27 bits per heavy atom. The van der Waals surface area contributed by atoms with Crippen LogP contribution in [0, 0.1) is 0 Å². The molecule has 0 bridgehead atoms. The van der Waals surface area contributed by atoms with Gasteiger partial charge in [-0.05, 0) is 12.5 Å². The largest absolute Gasteiger partial charge is 0.355 e. The van der Waals surface area contributed by atoms with Gasteiger partial charge in [-0.15, -0.1) is 0 Å². The normalized spacial score (nSPS) is 16.2. The Bertz CT molecular complexity index is 282. The fraction of sp³-hybridized carbons (Fsp3) is 0.429. The molecule has 11 heavy (non-hydrogen) atoms. The molecule has 0 atom stereocenters. The van der Waals surface area contributed by atoms with Crippen LogP contribution in [0.1, 0.15) is 6.42 Å². The van der Waals surface area contributed by atoms with Crippen LogP contribution in [-0.4, -0.2) is 23.3 Å². The number of rotatable bonds is 1. The van der Waals surface area contributed by atoms with Crippen molar-refractivity contribution < 1.29 is 0 Å². The van der Waals surface area contributed by atoms with E-state index in [0.29, 0.717) is 0 Å². The summed E-state index contributed by atoms with van der Waals surface area (Å²) in [6.07, 6.45) is 1.22. The predicted octanol–water partition coefficient (Wildman–Crippen LogP) is -0.0200. The van der Waals surface area contributed by atoms with E-state index >= 15 is 0 Å². The number of nitrogens with zero attached hydrogens (tertiary/aromatic N) is 2. The number of H-pyrrole nitrogens is 1. The number of anilines is 1. The zero-order chi connectivity index (χ0) is 7.68. The molecule has 1 fully saturated rings. The highest BCUT2D eigenvalue weighted by molar-refractivity contribution is 5.38. The number of hydrogen-bond donors (Lipinski definition) is 1. The first-order chi connectivity index (χ1) is 5.36. The molecule has 0 amide bonds. The van der Waals surface area contributed by atoms with Gasteiger partial charge in [0.15, 0.2) is 0 Å². The van der Waals surface area contributed by atoms with Crippen molar-refractivity contribution in [2.75, 3.05) is 18.0 Å². The summed E-state index contributed by atoms with van der Waals surface area (Å²) in [7, 11) is 0. The Morgan fingerprint density at radius 3 is 2.73 bits per heavy atom. The molecule has 2 heterocycles. The van der Waals surface area contributed by atoms with E-state index in [1.165, 1.54) is 12.5 Å². The number of hydrogen-bond acceptors (Lipinski definition) is 3. The zero-order valence-corrected chi connectivity index (χ0v) is 6.08. The molecule has 1 aromatic heterocycles. The standard InChI is InChI=1S/C7H9N3O/c11-7-3-2-6(8-9-7)10-4-1-5-10/h2-3H,1,4-5H2,(H,9,11). The van der Waals surface area contributed by atoms with E-state index in [2.05, 4.69) is 15.1 Å². The van der Waals surface area contributed by atoms with Gasteiger partial charge in [0, 0.05) is 19.2 Å². The quantitative estimate of drug-likeness (QED) is 0.613. The minimum atomic E-state index is -0.144. The van der Waals surface area contributed by atoms with Crippen molar-refractivity contribution in [1.82, 2.24) is 10.2 Å².